The van der Waals surface area contributed by atoms with Gasteiger partial charge in [-0.25, -0.2) is 9.59 Å². The van der Waals surface area contributed by atoms with Crippen molar-refractivity contribution in [1.82, 2.24) is 0 Å². The van der Waals surface area contributed by atoms with Crippen LogP contribution < -0.4 is 15.5 Å². The summed E-state index contributed by atoms with van der Waals surface area (Å²) in [6.45, 7) is 5.57. The molecule has 7 nitrogen and oxygen atoms in total. The van der Waals surface area contributed by atoms with E-state index in [9.17, 15) is 14.4 Å². The van der Waals surface area contributed by atoms with Crippen molar-refractivity contribution in [1.29, 1.82) is 0 Å². The summed E-state index contributed by atoms with van der Waals surface area (Å²) >= 11 is 0. The fourth-order valence-corrected chi connectivity index (χ4v) is 2.92. The van der Waals surface area contributed by atoms with Crippen molar-refractivity contribution in [3.8, 4) is 0 Å². The Morgan fingerprint density at radius 2 is 1.81 bits per heavy atom. The van der Waals surface area contributed by atoms with Gasteiger partial charge in [-0.1, -0.05) is 18.2 Å². The van der Waals surface area contributed by atoms with Gasteiger partial charge in [0.05, 0.1) is 18.0 Å². The number of benzene rings is 2. The minimum Gasteiger partial charge on any atom is -0.464 e. The smallest absolute Gasteiger partial charge is 0.339 e. The van der Waals surface area contributed by atoms with E-state index in [0.29, 0.717) is 17.1 Å². The number of nitrogens with zero attached hydrogens (tertiary/aromatic N) is 1. The van der Waals surface area contributed by atoms with E-state index in [1.807, 2.05) is 19.9 Å². The summed E-state index contributed by atoms with van der Waals surface area (Å²) in [7, 11) is 0. The summed E-state index contributed by atoms with van der Waals surface area (Å²) in [4.78, 5) is 39.2. The molecule has 1 atom stereocenters. The standard InChI is InChI=1S/C20H21N3O4/c1-4-27-19(25)17-18(24)22-15-10-12(2)13(3)11-16(15)23(17)20(26)21-14-8-6-5-7-9-14/h5-11,17H,4H2,1-3H3,(H,21,26)(H,22,24). The molecule has 0 aromatic heterocycles. The average molecular weight is 367 g/mol. The molecule has 2 aromatic rings. The number of ether oxygens (including phenoxy) is 1. The number of amides is 3. The summed E-state index contributed by atoms with van der Waals surface area (Å²) < 4.78 is 5.03. The first-order chi connectivity index (χ1) is 12.9. The molecule has 2 N–H and O–H groups in total. The largest absolute Gasteiger partial charge is 0.464 e. The summed E-state index contributed by atoms with van der Waals surface area (Å²) in [6.07, 6.45) is 0. The third-order valence-corrected chi connectivity index (χ3v) is 4.39. The van der Waals surface area contributed by atoms with Crippen LogP contribution in [0, 0.1) is 13.8 Å². The zero-order valence-corrected chi connectivity index (χ0v) is 15.4. The normalized spacial score (nSPS) is 15.6. The van der Waals surface area contributed by atoms with Crippen molar-refractivity contribution in [3.63, 3.8) is 0 Å². The summed E-state index contributed by atoms with van der Waals surface area (Å²) in [6, 6.07) is 10.4. The van der Waals surface area contributed by atoms with Gasteiger partial charge in [-0.05, 0) is 56.2 Å². The number of carbonyl (C=O) groups excluding carboxylic acids is 3. The van der Waals surface area contributed by atoms with Gasteiger partial charge in [0, 0.05) is 5.69 Å². The van der Waals surface area contributed by atoms with Gasteiger partial charge in [0.15, 0.2) is 0 Å². The monoisotopic (exact) mass is 367 g/mol. The van der Waals surface area contributed by atoms with Crippen molar-refractivity contribution in [2.24, 2.45) is 0 Å². The van der Waals surface area contributed by atoms with Crippen molar-refractivity contribution in [3.05, 3.63) is 53.6 Å². The Morgan fingerprint density at radius 1 is 1.15 bits per heavy atom. The molecule has 0 saturated carbocycles. The number of hydrogen-bond acceptors (Lipinski definition) is 4. The van der Waals surface area contributed by atoms with Gasteiger partial charge >= 0.3 is 12.0 Å². The molecule has 0 aliphatic carbocycles. The minimum atomic E-state index is -1.40. The van der Waals surface area contributed by atoms with Gasteiger partial charge in [-0.3, -0.25) is 9.69 Å². The van der Waals surface area contributed by atoms with Crippen LogP contribution >= 0.6 is 0 Å². The van der Waals surface area contributed by atoms with Crippen molar-refractivity contribution in [2.75, 3.05) is 22.1 Å². The third-order valence-electron chi connectivity index (χ3n) is 4.39. The van der Waals surface area contributed by atoms with Gasteiger partial charge in [0.1, 0.15) is 0 Å². The Labute approximate surface area is 157 Å². The molecule has 0 bridgehead atoms. The lowest BCUT2D eigenvalue weighted by atomic mass is 10.0. The van der Waals surface area contributed by atoms with Crippen molar-refractivity contribution < 1.29 is 19.1 Å². The lowest BCUT2D eigenvalue weighted by Crippen LogP contribution is -2.57. The topological polar surface area (TPSA) is 87.7 Å². The Kier molecular flexibility index (Phi) is 5.12. The number of rotatable bonds is 3. The first kappa shape index (κ1) is 18.4. The molecule has 27 heavy (non-hydrogen) atoms. The molecular formula is C20H21N3O4. The second kappa shape index (κ2) is 7.49. The zero-order valence-electron chi connectivity index (χ0n) is 15.4. The lowest BCUT2D eigenvalue weighted by molar-refractivity contribution is -0.147. The maximum Gasteiger partial charge on any atom is 0.339 e. The molecule has 0 radical (unpaired) electrons. The maximum atomic E-state index is 13.0. The van der Waals surface area contributed by atoms with E-state index < -0.39 is 23.9 Å². The Balaban J connectivity index is 2.06. The highest BCUT2D eigenvalue weighted by atomic mass is 16.5. The van der Waals surface area contributed by atoms with Crippen LogP contribution in [0.15, 0.2) is 42.5 Å². The fourth-order valence-electron chi connectivity index (χ4n) is 2.92. The van der Waals surface area contributed by atoms with Gasteiger partial charge in [0.25, 0.3) is 5.91 Å². The second-order valence-electron chi connectivity index (χ2n) is 6.26. The van der Waals surface area contributed by atoms with Crippen molar-refractivity contribution >= 4 is 35.0 Å². The molecule has 3 rings (SSSR count). The molecule has 0 fully saturated rings. The highest BCUT2D eigenvalue weighted by Gasteiger charge is 2.43. The van der Waals surface area contributed by atoms with Gasteiger partial charge in [-0.2, -0.15) is 0 Å². The molecule has 1 aliphatic rings. The van der Waals surface area contributed by atoms with E-state index in [-0.39, 0.29) is 6.61 Å². The van der Waals surface area contributed by atoms with Crippen LogP contribution in [0.1, 0.15) is 18.1 Å². The zero-order chi connectivity index (χ0) is 19.6. The number of aryl methyl sites for hydroxylation is 2. The Hall–Kier alpha value is -3.35. The van der Waals surface area contributed by atoms with Gasteiger partial charge in [0.2, 0.25) is 6.04 Å². The highest BCUT2D eigenvalue weighted by molar-refractivity contribution is 6.22. The number of para-hydroxylation sites is 1. The molecule has 1 unspecified atom stereocenters. The molecule has 1 aliphatic heterocycles. The quantitative estimate of drug-likeness (QED) is 0.644. The first-order valence-electron chi connectivity index (χ1n) is 8.66. The molecule has 3 amide bonds. The predicted molar refractivity (Wildman–Crippen MR) is 103 cm³/mol. The van der Waals surface area contributed by atoms with Crippen LogP contribution in [-0.2, 0) is 14.3 Å². The van der Waals surface area contributed by atoms with Crippen LogP contribution in [0.4, 0.5) is 21.9 Å². The SMILES string of the molecule is CCOC(=O)C1C(=O)Nc2cc(C)c(C)cc2N1C(=O)Nc1ccccc1. The fraction of sp³-hybridized carbons (Fsp3) is 0.250. The molecule has 0 spiro atoms. The number of fused-ring (bicyclic) bond motifs is 1. The molecule has 0 saturated heterocycles. The number of nitrogens with one attached hydrogen (secondary N) is 2. The average Bonchev–Trinajstić information content (AvgIpc) is 2.63. The lowest BCUT2D eigenvalue weighted by Gasteiger charge is -2.35. The molecule has 2 aromatic carbocycles. The predicted octanol–water partition coefficient (Wildman–Crippen LogP) is 3.23. The number of esters is 1. The summed E-state index contributed by atoms with van der Waals surface area (Å²) in [5.41, 5.74) is 3.38. The summed E-state index contributed by atoms with van der Waals surface area (Å²) in [5.74, 6) is -1.38. The van der Waals surface area contributed by atoms with Crippen molar-refractivity contribution in [2.45, 2.75) is 26.8 Å². The molecule has 7 heteroatoms. The number of carbonyl (C=O) groups is 3. The Morgan fingerprint density at radius 3 is 2.48 bits per heavy atom. The molecule has 140 valence electrons. The second-order valence-corrected chi connectivity index (χ2v) is 6.26. The maximum absolute atomic E-state index is 13.0. The van der Waals surface area contributed by atoms with E-state index in [1.165, 1.54) is 0 Å². The van der Waals surface area contributed by atoms with E-state index >= 15 is 0 Å². The number of hydrogen-bond donors (Lipinski definition) is 2. The van der Waals surface area contributed by atoms with Crippen LogP contribution in [0.5, 0.6) is 0 Å². The highest BCUT2D eigenvalue weighted by Crippen LogP contribution is 2.35. The summed E-state index contributed by atoms with van der Waals surface area (Å²) in [5, 5.41) is 5.44. The number of urea groups is 1. The van der Waals surface area contributed by atoms with E-state index in [4.69, 9.17) is 4.74 Å². The van der Waals surface area contributed by atoms with E-state index in [1.54, 1.807) is 43.3 Å². The molecular weight excluding hydrogens is 346 g/mol. The van der Waals surface area contributed by atoms with Crippen LogP contribution in [0.2, 0.25) is 0 Å². The van der Waals surface area contributed by atoms with Gasteiger partial charge in [-0.15, -0.1) is 0 Å². The Bertz CT molecular complexity index is 896. The number of anilines is 3. The van der Waals surface area contributed by atoms with E-state index in [0.717, 1.165) is 16.0 Å². The molecule has 1 heterocycles. The van der Waals surface area contributed by atoms with Gasteiger partial charge < -0.3 is 15.4 Å². The van der Waals surface area contributed by atoms with Crippen LogP contribution in [0.25, 0.3) is 0 Å². The van der Waals surface area contributed by atoms with Crippen LogP contribution in [-0.4, -0.2) is 30.6 Å². The minimum absolute atomic E-state index is 0.108. The van der Waals surface area contributed by atoms with Crippen LogP contribution in [0.3, 0.4) is 0 Å². The van der Waals surface area contributed by atoms with E-state index in [2.05, 4.69) is 10.6 Å². The first-order valence-corrected chi connectivity index (χ1v) is 8.66. The third kappa shape index (κ3) is 3.62.